The number of amides is 3. The Morgan fingerprint density at radius 2 is 1.80 bits per heavy atom. The Kier molecular flexibility index (Phi) is 8.24. The molecule has 0 aliphatic carbocycles. The van der Waals surface area contributed by atoms with Crippen molar-refractivity contribution in [3.05, 3.63) is 48.2 Å². The first-order chi connectivity index (χ1) is 19.6. The number of anilines is 1. The molecule has 0 spiro atoms. The van der Waals surface area contributed by atoms with E-state index in [1.165, 1.54) is 29.3 Å². The molecule has 3 aromatic heterocycles. The molecular formula is C26H31F4N9O2. The number of piperidine rings is 1. The predicted molar refractivity (Wildman–Crippen MR) is 141 cm³/mol. The van der Waals surface area contributed by atoms with Crippen LogP contribution in [0, 0.1) is 0 Å². The fraction of sp³-hybridized carbons (Fsp3) is 0.500. The Morgan fingerprint density at radius 1 is 1.07 bits per heavy atom. The smallest absolute Gasteiger partial charge is 0.319 e. The van der Waals surface area contributed by atoms with Crippen molar-refractivity contribution in [2.75, 3.05) is 45.6 Å². The Morgan fingerprint density at radius 3 is 2.46 bits per heavy atom. The van der Waals surface area contributed by atoms with Crippen molar-refractivity contribution >= 4 is 17.6 Å². The molecule has 2 fully saturated rings. The number of nitrogens with one attached hydrogen (secondary N) is 1. The van der Waals surface area contributed by atoms with Gasteiger partial charge in [0.1, 0.15) is 12.2 Å². The first kappa shape index (κ1) is 28.5. The number of aromatic nitrogens is 5. The molecule has 2 saturated heterocycles. The molecule has 15 heteroatoms. The number of rotatable bonds is 8. The van der Waals surface area contributed by atoms with Crippen molar-refractivity contribution in [3.8, 4) is 11.3 Å². The van der Waals surface area contributed by atoms with Gasteiger partial charge in [0.2, 0.25) is 0 Å². The van der Waals surface area contributed by atoms with Crippen LogP contribution in [0.15, 0.2) is 36.8 Å². The zero-order valence-electron chi connectivity index (χ0n) is 22.6. The molecule has 1 N–H and O–H groups in total. The van der Waals surface area contributed by atoms with Gasteiger partial charge < -0.3 is 15.1 Å². The van der Waals surface area contributed by atoms with Crippen molar-refractivity contribution in [2.24, 2.45) is 0 Å². The van der Waals surface area contributed by atoms with E-state index in [9.17, 15) is 27.2 Å². The molecule has 5 heterocycles. The second-order valence-corrected chi connectivity index (χ2v) is 10.4. The summed E-state index contributed by atoms with van der Waals surface area (Å²) in [5.74, 6) is -0.706. The Hall–Kier alpha value is -4.01. The SMILES string of the molecule is CN(C)C(=O)N1CCC(N2CC(n3cc(NC(=O)c4cccc(-c5cnn(CC(F)F)c5)n4)c(C(F)F)n3)C2)CC1. The maximum absolute atomic E-state index is 13.8. The molecule has 41 heavy (non-hydrogen) atoms. The summed E-state index contributed by atoms with van der Waals surface area (Å²) >= 11 is 0. The second kappa shape index (κ2) is 11.8. The minimum atomic E-state index is -2.90. The van der Waals surface area contributed by atoms with Crippen molar-refractivity contribution < 1.29 is 27.2 Å². The lowest BCUT2D eigenvalue weighted by molar-refractivity contribution is 0.0234. The maximum atomic E-state index is 13.8. The fourth-order valence-electron chi connectivity index (χ4n) is 5.15. The molecule has 0 aromatic carbocycles. The summed E-state index contributed by atoms with van der Waals surface area (Å²) in [6.07, 6.45) is 0.379. The number of carbonyl (C=O) groups excluding carboxylic acids is 2. The highest BCUT2D eigenvalue weighted by Crippen LogP contribution is 2.32. The number of halogens is 4. The van der Waals surface area contributed by atoms with E-state index in [0.717, 1.165) is 17.5 Å². The first-order valence-corrected chi connectivity index (χ1v) is 13.3. The molecule has 11 nitrogen and oxygen atoms in total. The average Bonchev–Trinajstić information content (AvgIpc) is 3.55. The minimum absolute atomic E-state index is 0.00140. The van der Waals surface area contributed by atoms with Crippen LogP contribution in [-0.4, -0.2) is 104 Å². The molecule has 0 bridgehead atoms. The molecule has 3 amide bonds. The van der Waals surface area contributed by atoms with Crippen LogP contribution in [0.3, 0.4) is 0 Å². The average molecular weight is 578 g/mol. The van der Waals surface area contributed by atoms with E-state index < -0.39 is 31.0 Å². The number of hydrogen-bond donors (Lipinski definition) is 1. The molecule has 0 atom stereocenters. The lowest BCUT2D eigenvalue weighted by Gasteiger charge is -2.47. The van der Waals surface area contributed by atoms with Gasteiger partial charge in [-0.1, -0.05) is 6.07 Å². The van der Waals surface area contributed by atoms with Crippen LogP contribution in [0.5, 0.6) is 0 Å². The van der Waals surface area contributed by atoms with Crippen LogP contribution < -0.4 is 5.32 Å². The molecule has 5 rings (SSSR count). The van der Waals surface area contributed by atoms with Gasteiger partial charge in [-0.25, -0.2) is 27.3 Å². The zero-order chi connectivity index (χ0) is 29.3. The number of nitrogens with zero attached hydrogens (tertiary/aromatic N) is 8. The summed E-state index contributed by atoms with van der Waals surface area (Å²) in [7, 11) is 3.46. The standard InChI is InChI=1S/C26H31F4N9O2/c1-35(2)26(41)36-8-6-17(7-9-36)37-12-18(13-37)39-14-21(23(34-39)24(29)30)33-25(40)20-5-3-4-19(32-20)16-10-31-38(11-16)15-22(27)28/h3-5,10-11,14,17-18,22,24H,6-9,12-13,15H2,1-2H3,(H,33,40). The van der Waals surface area contributed by atoms with E-state index in [-0.39, 0.29) is 23.5 Å². The van der Waals surface area contributed by atoms with E-state index in [1.54, 1.807) is 31.1 Å². The van der Waals surface area contributed by atoms with Gasteiger partial charge in [-0.3, -0.25) is 19.1 Å². The molecule has 2 aliphatic rings. The number of pyridine rings is 1. The normalized spacial score (nSPS) is 16.8. The van der Waals surface area contributed by atoms with Crippen LogP contribution in [0.4, 0.5) is 28.0 Å². The van der Waals surface area contributed by atoms with Gasteiger partial charge in [-0.2, -0.15) is 10.2 Å². The summed E-state index contributed by atoms with van der Waals surface area (Å²) in [4.78, 5) is 35.0. The van der Waals surface area contributed by atoms with Crippen LogP contribution in [0.2, 0.25) is 0 Å². The third kappa shape index (κ3) is 6.34. The molecular weight excluding hydrogens is 546 g/mol. The highest BCUT2D eigenvalue weighted by Gasteiger charge is 2.37. The van der Waals surface area contributed by atoms with Crippen LogP contribution in [0.1, 0.15) is 41.5 Å². The number of urea groups is 1. The highest BCUT2D eigenvalue weighted by molar-refractivity contribution is 6.03. The zero-order valence-corrected chi connectivity index (χ0v) is 22.6. The predicted octanol–water partition coefficient (Wildman–Crippen LogP) is 3.60. The van der Waals surface area contributed by atoms with E-state index in [1.807, 2.05) is 4.90 Å². The largest absolute Gasteiger partial charge is 0.331 e. The minimum Gasteiger partial charge on any atom is -0.331 e. The second-order valence-electron chi connectivity index (χ2n) is 10.4. The molecule has 220 valence electrons. The molecule has 2 aliphatic heterocycles. The van der Waals surface area contributed by atoms with E-state index in [2.05, 4.69) is 25.4 Å². The van der Waals surface area contributed by atoms with Crippen molar-refractivity contribution in [1.29, 1.82) is 0 Å². The summed E-state index contributed by atoms with van der Waals surface area (Å²) in [5, 5.41) is 10.5. The lowest BCUT2D eigenvalue weighted by Crippen LogP contribution is -2.56. The number of likely N-dealkylation sites (tertiary alicyclic amines) is 2. The fourth-order valence-corrected chi connectivity index (χ4v) is 5.15. The van der Waals surface area contributed by atoms with E-state index >= 15 is 0 Å². The molecule has 3 aromatic rings. The van der Waals surface area contributed by atoms with Gasteiger partial charge in [0.05, 0.1) is 23.6 Å². The molecule has 0 radical (unpaired) electrons. The Balaban J connectivity index is 1.21. The van der Waals surface area contributed by atoms with Gasteiger partial charge in [0.25, 0.3) is 18.8 Å². The van der Waals surface area contributed by atoms with E-state index in [4.69, 9.17) is 0 Å². The van der Waals surface area contributed by atoms with Gasteiger partial charge in [0, 0.05) is 64.3 Å². The quantitative estimate of drug-likeness (QED) is 0.411. The van der Waals surface area contributed by atoms with Crippen LogP contribution in [-0.2, 0) is 6.54 Å². The van der Waals surface area contributed by atoms with Crippen molar-refractivity contribution in [1.82, 2.24) is 39.2 Å². The van der Waals surface area contributed by atoms with Gasteiger partial charge in [-0.15, -0.1) is 0 Å². The highest BCUT2D eigenvalue weighted by atomic mass is 19.3. The summed E-state index contributed by atoms with van der Waals surface area (Å²) < 4.78 is 55.5. The van der Waals surface area contributed by atoms with Gasteiger partial charge in [0.15, 0.2) is 5.69 Å². The summed E-state index contributed by atoms with van der Waals surface area (Å²) in [6, 6.07) is 4.76. The summed E-state index contributed by atoms with van der Waals surface area (Å²) in [6.45, 7) is 2.03. The monoisotopic (exact) mass is 577 g/mol. The third-order valence-corrected chi connectivity index (χ3v) is 7.35. The molecule has 0 unspecified atom stereocenters. The Bertz CT molecular complexity index is 1380. The van der Waals surface area contributed by atoms with Crippen LogP contribution in [0.25, 0.3) is 11.3 Å². The molecule has 0 saturated carbocycles. The number of hydrogen-bond acceptors (Lipinski definition) is 6. The first-order valence-electron chi connectivity index (χ1n) is 13.3. The Labute approximate surface area is 233 Å². The lowest BCUT2D eigenvalue weighted by atomic mass is 9.97. The topological polar surface area (TPSA) is 104 Å². The van der Waals surface area contributed by atoms with Gasteiger partial charge in [-0.05, 0) is 25.0 Å². The maximum Gasteiger partial charge on any atom is 0.319 e. The third-order valence-electron chi connectivity index (χ3n) is 7.35. The van der Waals surface area contributed by atoms with Crippen molar-refractivity contribution in [2.45, 2.75) is 44.3 Å². The van der Waals surface area contributed by atoms with Crippen LogP contribution >= 0.6 is 0 Å². The van der Waals surface area contributed by atoms with Crippen molar-refractivity contribution in [3.63, 3.8) is 0 Å². The number of carbonyl (C=O) groups is 2. The summed E-state index contributed by atoms with van der Waals surface area (Å²) in [5.41, 5.74) is 0.0963. The van der Waals surface area contributed by atoms with E-state index in [0.29, 0.717) is 43.5 Å². The van der Waals surface area contributed by atoms with Gasteiger partial charge >= 0.3 is 6.03 Å². The number of alkyl halides is 4.